The Kier molecular flexibility index (Phi) is 4.17. The van der Waals surface area contributed by atoms with Gasteiger partial charge >= 0.3 is 0 Å². The number of nitrogens with zero attached hydrogens (tertiary/aromatic N) is 4. The molecule has 1 N–H and O–H groups in total. The molecule has 2 aliphatic heterocycles. The summed E-state index contributed by atoms with van der Waals surface area (Å²) in [5.74, 6) is 2.26. The minimum absolute atomic E-state index is 0.0482. The van der Waals surface area contributed by atoms with Gasteiger partial charge in [0.1, 0.15) is 17.9 Å². The number of pyridine rings is 2. The number of nitrogens with one attached hydrogen (secondary N) is 1. The number of anilines is 1. The molecule has 0 bridgehead atoms. The average molecular weight is 433 g/mol. The summed E-state index contributed by atoms with van der Waals surface area (Å²) in [6, 6.07) is 6.95. The molecule has 3 aromatic heterocycles. The van der Waals surface area contributed by atoms with Crippen LogP contribution in [0.3, 0.4) is 0 Å². The van der Waals surface area contributed by atoms with Crippen LogP contribution in [0.25, 0.3) is 16.8 Å². The Bertz CT molecular complexity index is 1370. The Labute approximate surface area is 183 Å². The van der Waals surface area contributed by atoms with Gasteiger partial charge in [0.25, 0.3) is 0 Å². The fourth-order valence-electron chi connectivity index (χ4n) is 4.51. The highest BCUT2D eigenvalue weighted by molar-refractivity contribution is 5.83. The second-order valence-corrected chi connectivity index (χ2v) is 7.95. The minimum atomic E-state index is -0.258. The topological polar surface area (TPSA) is 82.8 Å². The molecule has 0 radical (unpaired) electrons. The van der Waals surface area contributed by atoms with E-state index in [1.165, 1.54) is 6.07 Å². The van der Waals surface area contributed by atoms with Crippen LogP contribution in [0.5, 0.6) is 17.4 Å². The number of rotatable bonds is 2. The van der Waals surface area contributed by atoms with Gasteiger partial charge in [-0.2, -0.15) is 0 Å². The lowest BCUT2D eigenvalue weighted by atomic mass is 9.96. The minimum Gasteiger partial charge on any atom is -0.493 e. The largest absolute Gasteiger partial charge is 0.493 e. The maximum atomic E-state index is 14.7. The van der Waals surface area contributed by atoms with Crippen molar-refractivity contribution in [2.45, 2.75) is 19.4 Å². The summed E-state index contributed by atoms with van der Waals surface area (Å²) < 4.78 is 33.9. The molecular formula is C23H20FN5O3. The Morgan fingerprint density at radius 3 is 2.81 bits per heavy atom. The predicted molar refractivity (Wildman–Crippen MR) is 115 cm³/mol. The first-order valence-corrected chi connectivity index (χ1v) is 10.3. The normalized spacial score (nSPS) is 16.7. The molecule has 9 heteroatoms. The molecule has 1 aromatic carbocycles. The maximum Gasteiger partial charge on any atom is 0.213 e. The van der Waals surface area contributed by atoms with E-state index in [1.54, 1.807) is 25.7 Å². The monoisotopic (exact) mass is 433 g/mol. The third kappa shape index (κ3) is 2.77. The van der Waals surface area contributed by atoms with Gasteiger partial charge in [-0.05, 0) is 30.7 Å². The molecule has 0 fully saturated rings. The zero-order valence-electron chi connectivity index (χ0n) is 17.6. The lowest BCUT2D eigenvalue weighted by molar-refractivity contribution is 0.249. The van der Waals surface area contributed by atoms with E-state index in [-0.39, 0.29) is 11.7 Å². The quantitative estimate of drug-likeness (QED) is 0.516. The van der Waals surface area contributed by atoms with Gasteiger partial charge in [0.05, 0.1) is 26.2 Å². The summed E-state index contributed by atoms with van der Waals surface area (Å²) in [6.45, 7) is 3.11. The fourth-order valence-corrected chi connectivity index (χ4v) is 4.51. The number of halogens is 1. The van der Waals surface area contributed by atoms with Crippen LogP contribution in [0.4, 0.5) is 10.2 Å². The van der Waals surface area contributed by atoms with Gasteiger partial charge in [-0.1, -0.05) is 0 Å². The van der Waals surface area contributed by atoms with Crippen LogP contribution in [0, 0.1) is 12.7 Å². The van der Waals surface area contributed by atoms with E-state index in [1.807, 2.05) is 23.5 Å². The first kappa shape index (κ1) is 18.9. The van der Waals surface area contributed by atoms with E-state index >= 15 is 0 Å². The molecule has 0 saturated carbocycles. The molecule has 0 saturated heterocycles. The van der Waals surface area contributed by atoms with E-state index in [9.17, 15) is 4.39 Å². The Balaban J connectivity index is 1.51. The lowest BCUT2D eigenvalue weighted by Crippen LogP contribution is -2.13. The fraction of sp³-hybridized carbons (Fsp3) is 0.261. The van der Waals surface area contributed by atoms with Gasteiger partial charge in [-0.25, -0.2) is 9.37 Å². The number of hydrogen-bond acceptors (Lipinski definition) is 7. The van der Waals surface area contributed by atoms with Crippen molar-refractivity contribution >= 4 is 11.5 Å². The highest BCUT2D eigenvalue weighted by atomic mass is 19.1. The van der Waals surface area contributed by atoms with Crippen molar-refractivity contribution in [2.24, 2.45) is 0 Å². The highest BCUT2D eigenvalue weighted by Crippen LogP contribution is 2.42. The molecule has 1 atom stereocenters. The van der Waals surface area contributed by atoms with Crippen LogP contribution in [0.2, 0.25) is 0 Å². The lowest BCUT2D eigenvalue weighted by Gasteiger charge is -2.17. The Morgan fingerprint density at radius 2 is 2.00 bits per heavy atom. The summed E-state index contributed by atoms with van der Waals surface area (Å²) in [7, 11) is 1.59. The van der Waals surface area contributed by atoms with Crippen molar-refractivity contribution in [1.82, 2.24) is 19.6 Å². The number of ether oxygens (including phenoxy) is 3. The molecule has 0 amide bonds. The molecule has 0 spiro atoms. The Morgan fingerprint density at radius 1 is 1.16 bits per heavy atom. The van der Waals surface area contributed by atoms with Crippen LogP contribution in [-0.2, 0) is 6.54 Å². The van der Waals surface area contributed by atoms with Crippen molar-refractivity contribution in [1.29, 1.82) is 0 Å². The number of aromatic nitrogens is 4. The van der Waals surface area contributed by atoms with Crippen molar-refractivity contribution in [3.63, 3.8) is 0 Å². The van der Waals surface area contributed by atoms with Crippen LogP contribution in [-0.4, -0.2) is 39.9 Å². The van der Waals surface area contributed by atoms with Crippen LogP contribution in [0.15, 0.2) is 36.8 Å². The SMILES string of the molecule is COc1cc(C)c(-c2cc3c(n4cnnc24)NCc2c(F)ccc4c2[C@@H](CO4)CO3)cn1. The van der Waals surface area contributed by atoms with Crippen LogP contribution < -0.4 is 19.5 Å². The zero-order valence-corrected chi connectivity index (χ0v) is 17.6. The zero-order chi connectivity index (χ0) is 21.8. The maximum absolute atomic E-state index is 14.7. The van der Waals surface area contributed by atoms with E-state index in [2.05, 4.69) is 20.5 Å². The number of hydrogen-bond donors (Lipinski definition) is 1. The molecule has 0 aliphatic carbocycles. The Hall–Kier alpha value is -3.88. The molecule has 0 unspecified atom stereocenters. The smallest absolute Gasteiger partial charge is 0.213 e. The summed E-state index contributed by atoms with van der Waals surface area (Å²) >= 11 is 0. The van der Waals surface area contributed by atoms with Gasteiger partial charge in [0, 0.05) is 41.1 Å². The van der Waals surface area contributed by atoms with Gasteiger partial charge < -0.3 is 19.5 Å². The first-order valence-electron chi connectivity index (χ1n) is 10.3. The second kappa shape index (κ2) is 7.08. The summed E-state index contributed by atoms with van der Waals surface area (Å²) in [4.78, 5) is 4.36. The van der Waals surface area contributed by atoms with Gasteiger partial charge in [-0.3, -0.25) is 4.40 Å². The van der Waals surface area contributed by atoms with E-state index < -0.39 is 0 Å². The van der Waals surface area contributed by atoms with Crippen LogP contribution in [0.1, 0.15) is 22.6 Å². The van der Waals surface area contributed by atoms with E-state index in [0.717, 1.165) is 28.0 Å². The average Bonchev–Trinajstić information content (AvgIpc) is 3.45. The van der Waals surface area contributed by atoms with Crippen molar-refractivity contribution < 1.29 is 18.6 Å². The first-order chi connectivity index (χ1) is 15.6. The number of methoxy groups -OCH3 is 1. The number of aryl methyl sites for hydroxylation is 1. The molecule has 5 heterocycles. The number of benzene rings is 1. The number of fused-ring (bicyclic) bond motifs is 3. The third-order valence-corrected chi connectivity index (χ3v) is 6.10. The molecule has 8 nitrogen and oxygen atoms in total. The van der Waals surface area contributed by atoms with E-state index in [0.29, 0.717) is 48.4 Å². The molecule has 2 aliphatic rings. The standard InChI is InChI=1S/C23H20FN5O3/c1-12-5-20(30-2)25-7-15(12)14-6-19-23(29-11-27-28-22(14)29)26-8-16-17(24)3-4-18-21(16)13(9-31-18)10-32-19/h3-7,11,13,26H,8-10H2,1-2H3/t13-/m0/s1. The predicted octanol–water partition coefficient (Wildman–Crippen LogP) is 3.73. The molecule has 32 heavy (non-hydrogen) atoms. The highest BCUT2D eigenvalue weighted by Gasteiger charge is 2.31. The van der Waals surface area contributed by atoms with Crippen LogP contribution >= 0.6 is 0 Å². The molecule has 6 rings (SSSR count). The molecular weight excluding hydrogens is 413 g/mol. The van der Waals surface area contributed by atoms with Gasteiger partial charge in [0.15, 0.2) is 17.2 Å². The molecule has 4 aromatic rings. The van der Waals surface area contributed by atoms with E-state index in [4.69, 9.17) is 14.2 Å². The summed E-state index contributed by atoms with van der Waals surface area (Å²) in [5.41, 5.74) is 4.84. The molecule has 162 valence electrons. The second-order valence-electron chi connectivity index (χ2n) is 7.95. The van der Waals surface area contributed by atoms with Crippen molar-refractivity contribution in [2.75, 3.05) is 25.6 Å². The van der Waals surface area contributed by atoms with Gasteiger partial charge in [-0.15, -0.1) is 10.2 Å². The summed E-state index contributed by atoms with van der Waals surface area (Å²) in [6.07, 6.45) is 3.38. The third-order valence-electron chi connectivity index (χ3n) is 6.10. The van der Waals surface area contributed by atoms with Crippen molar-refractivity contribution in [3.05, 3.63) is 59.3 Å². The summed E-state index contributed by atoms with van der Waals surface area (Å²) in [5, 5.41) is 11.8. The van der Waals surface area contributed by atoms with Crippen molar-refractivity contribution in [3.8, 4) is 28.5 Å². The van der Waals surface area contributed by atoms with Gasteiger partial charge in [0.2, 0.25) is 5.88 Å².